The van der Waals surface area contributed by atoms with Crippen molar-refractivity contribution >= 4 is 0 Å². The maximum absolute atomic E-state index is 13.6. The SMILES string of the molecule is Fc1cc(F)c(-c2noc(C3CCNCC3)n2)c(F)c1. The number of aromatic nitrogens is 2. The van der Waals surface area contributed by atoms with E-state index in [2.05, 4.69) is 15.5 Å². The molecule has 1 aliphatic rings. The first-order valence-electron chi connectivity index (χ1n) is 6.34. The van der Waals surface area contributed by atoms with Crippen LogP contribution in [0.1, 0.15) is 24.7 Å². The average molecular weight is 283 g/mol. The van der Waals surface area contributed by atoms with Crippen LogP contribution in [0.2, 0.25) is 0 Å². The predicted molar refractivity (Wildman–Crippen MR) is 64.5 cm³/mol. The van der Waals surface area contributed by atoms with Crippen LogP contribution in [0.25, 0.3) is 11.4 Å². The molecule has 0 unspecified atom stereocenters. The maximum atomic E-state index is 13.6. The first-order chi connectivity index (χ1) is 9.65. The standard InChI is InChI=1S/C13H12F3N3O/c14-8-5-9(15)11(10(16)6-8)12-18-13(20-19-12)7-1-3-17-4-2-7/h5-7,17H,1-4H2. The molecule has 20 heavy (non-hydrogen) atoms. The number of hydrogen-bond donors (Lipinski definition) is 1. The minimum absolute atomic E-state index is 0.0871. The zero-order chi connectivity index (χ0) is 14.1. The third-order valence-corrected chi connectivity index (χ3v) is 3.36. The number of nitrogens with one attached hydrogen (secondary N) is 1. The van der Waals surface area contributed by atoms with Gasteiger partial charge >= 0.3 is 0 Å². The van der Waals surface area contributed by atoms with E-state index in [-0.39, 0.29) is 11.7 Å². The van der Waals surface area contributed by atoms with Gasteiger partial charge in [-0.1, -0.05) is 5.16 Å². The van der Waals surface area contributed by atoms with Gasteiger partial charge in [-0.05, 0) is 25.9 Å². The molecule has 1 aromatic carbocycles. The van der Waals surface area contributed by atoms with Crippen LogP contribution >= 0.6 is 0 Å². The Bertz CT molecular complexity index is 600. The lowest BCUT2D eigenvalue weighted by Crippen LogP contribution is -2.26. The third kappa shape index (κ3) is 2.40. The Kier molecular flexibility index (Phi) is 3.43. The van der Waals surface area contributed by atoms with Crippen molar-refractivity contribution in [3.8, 4) is 11.4 Å². The quantitative estimate of drug-likeness (QED) is 0.920. The largest absolute Gasteiger partial charge is 0.339 e. The molecule has 1 fully saturated rings. The minimum atomic E-state index is -1.04. The van der Waals surface area contributed by atoms with Crippen LogP contribution < -0.4 is 5.32 Å². The first kappa shape index (κ1) is 13.1. The number of nitrogens with zero attached hydrogens (tertiary/aromatic N) is 2. The summed E-state index contributed by atoms with van der Waals surface area (Å²) in [4.78, 5) is 4.05. The van der Waals surface area contributed by atoms with Crippen LogP contribution in [-0.4, -0.2) is 23.2 Å². The van der Waals surface area contributed by atoms with Gasteiger partial charge in [-0.25, -0.2) is 13.2 Å². The molecule has 0 amide bonds. The Morgan fingerprint density at radius 3 is 2.40 bits per heavy atom. The summed E-state index contributed by atoms with van der Waals surface area (Å²) in [7, 11) is 0. The highest BCUT2D eigenvalue weighted by atomic mass is 19.1. The lowest BCUT2D eigenvalue weighted by atomic mass is 9.98. The van der Waals surface area contributed by atoms with E-state index in [1.165, 1.54) is 0 Å². The van der Waals surface area contributed by atoms with Crippen molar-refractivity contribution < 1.29 is 17.7 Å². The van der Waals surface area contributed by atoms with Crippen molar-refractivity contribution in [3.63, 3.8) is 0 Å². The second-order valence-electron chi connectivity index (χ2n) is 4.72. The molecular weight excluding hydrogens is 271 g/mol. The smallest absolute Gasteiger partial charge is 0.230 e. The third-order valence-electron chi connectivity index (χ3n) is 3.36. The number of hydrogen-bond acceptors (Lipinski definition) is 4. The molecule has 1 saturated heterocycles. The lowest BCUT2D eigenvalue weighted by molar-refractivity contribution is 0.320. The van der Waals surface area contributed by atoms with E-state index in [1.807, 2.05) is 0 Å². The van der Waals surface area contributed by atoms with Gasteiger partial charge in [0.25, 0.3) is 0 Å². The second kappa shape index (κ2) is 5.24. The van der Waals surface area contributed by atoms with E-state index in [0.717, 1.165) is 25.9 Å². The van der Waals surface area contributed by atoms with Gasteiger partial charge in [0.1, 0.15) is 17.5 Å². The van der Waals surface area contributed by atoms with Crippen molar-refractivity contribution in [2.75, 3.05) is 13.1 Å². The molecule has 0 radical (unpaired) electrons. The predicted octanol–water partition coefficient (Wildman–Crippen LogP) is 2.62. The topological polar surface area (TPSA) is 51.0 Å². The molecule has 2 aromatic rings. The van der Waals surface area contributed by atoms with E-state index in [0.29, 0.717) is 18.0 Å². The highest BCUT2D eigenvalue weighted by molar-refractivity contribution is 5.56. The number of piperidine rings is 1. The van der Waals surface area contributed by atoms with E-state index in [9.17, 15) is 13.2 Å². The lowest BCUT2D eigenvalue weighted by Gasteiger charge is -2.18. The summed E-state index contributed by atoms with van der Waals surface area (Å²) in [5.41, 5.74) is -0.463. The van der Waals surface area contributed by atoms with Crippen LogP contribution in [0.5, 0.6) is 0 Å². The van der Waals surface area contributed by atoms with Crippen LogP contribution in [0, 0.1) is 17.5 Å². The fourth-order valence-corrected chi connectivity index (χ4v) is 2.33. The molecule has 2 heterocycles. The summed E-state index contributed by atoms with van der Waals surface area (Å²) >= 11 is 0. The molecule has 3 rings (SSSR count). The normalized spacial score (nSPS) is 16.6. The van der Waals surface area contributed by atoms with E-state index in [4.69, 9.17) is 4.52 Å². The molecule has 0 atom stereocenters. The molecule has 106 valence electrons. The molecule has 0 aliphatic carbocycles. The van der Waals surface area contributed by atoms with E-state index < -0.39 is 23.0 Å². The van der Waals surface area contributed by atoms with Gasteiger partial charge in [-0.2, -0.15) is 4.98 Å². The van der Waals surface area contributed by atoms with Gasteiger partial charge in [-0.15, -0.1) is 0 Å². The average Bonchev–Trinajstić information content (AvgIpc) is 2.88. The van der Waals surface area contributed by atoms with Gasteiger partial charge in [-0.3, -0.25) is 0 Å². The summed E-state index contributed by atoms with van der Waals surface area (Å²) in [6, 6.07) is 1.19. The zero-order valence-electron chi connectivity index (χ0n) is 10.5. The fourth-order valence-electron chi connectivity index (χ4n) is 2.33. The second-order valence-corrected chi connectivity index (χ2v) is 4.72. The number of rotatable bonds is 2. The van der Waals surface area contributed by atoms with Crippen LogP contribution in [0.4, 0.5) is 13.2 Å². The molecular formula is C13H12F3N3O. The minimum Gasteiger partial charge on any atom is -0.339 e. The summed E-state index contributed by atoms with van der Waals surface area (Å²) in [6.45, 7) is 1.67. The van der Waals surface area contributed by atoms with Crippen LogP contribution in [0.15, 0.2) is 16.7 Å². The highest BCUT2D eigenvalue weighted by Gasteiger charge is 2.24. The van der Waals surface area contributed by atoms with Crippen LogP contribution in [-0.2, 0) is 0 Å². The molecule has 0 spiro atoms. The molecule has 0 bridgehead atoms. The Balaban J connectivity index is 1.94. The Morgan fingerprint density at radius 1 is 1.10 bits per heavy atom. The van der Waals surface area contributed by atoms with Gasteiger partial charge < -0.3 is 9.84 Å². The van der Waals surface area contributed by atoms with Gasteiger partial charge in [0, 0.05) is 18.1 Å². The molecule has 1 aliphatic heterocycles. The molecule has 4 nitrogen and oxygen atoms in total. The van der Waals surface area contributed by atoms with Gasteiger partial charge in [0.2, 0.25) is 11.7 Å². The van der Waals surface area contributed by atoms with Crippen molar-refractivity contribution in [2.24, 2.45) is 0 Å². The highest BCUT2D eigenvalue weighted by Crippen LogP contribution is 2.28. The van der Waals surface area contributed by atoms with Crippen LogP contribution in [0.3, 0.4) is 0 Å². The summed E-state index contributed by atoms with van der Waals surface area (Å²) in [5, 5.41) is 6.80. The zero-order valence-corrected chi connectivity index (χ0v) is 10.5. The summed E-state index contributed by atoms with van der Waals surface area (Å²) in [6.07, 6.45) is 1.66. The van der Waals surface area contributed by atoms with Crippen molar-refractivity contribution in [1.82, 2.24) is 15.5 Å². The monoisotopic (exact) mass is 283 g/mol. The maximum Gasteiger partial charge on any atom is 0.230 e. The molecule has 1 aromatic heterocycles. The first-order valence-corrected chi connectivity index (χ1v) is 6.34. The number of halogens is 3. The Morgan fingerprint density at radius 2 is 1.75 bits per heavy atom. The Hall–Kier alpha value is -1.89. The van der Waals surface area contributed by atoms with Crippen molar-refractivity contribution in [3.05, 3.63) is 35.5 Å². The fraction of sp³-hybridized carbons (Fsp3) is 0.385. The van der Waals surface area contributed by atoms with Crippen molar-refractivity contribution in [2.45, 2.75) is 18.8 Å². The van der Waals surface area contributed by atoms with Gasteiger partial charge in [0.05, 0.1) is 5.56 Å². The molecule has 7 heteroatoms. The Labute approximate surface area is 113 Å². The van der Waals surface area contributed by atoms with Crippen molar-refractivity contribution in [1.29, 1.82) is 0 Å². The van der Waals surface area contributed by atoms with E-state index in [1.54, 1.807) is 0 Å². The summed E-state index contributed by atoms with van der Waals surface area (Å²) in [5.74, 6) is -2.80. The molecule has 1 N–H and O–H groups in total. The summed E-state index contributed by atoms with van der Waals surface area (Å²) < 4.78 is 45.2. The number of benzene rings is 1. The van der Waals surface area contributed by atoms with E-state index >= 15 is 0 Å². The van der Waals surface area contributed by atoms with Gasteiger partial charge in [0.15, 0.2) is 0 Å². The molecule has 0 saturated carbocycles.